The highest BCUT2D eigenvalue weighted by atomic mass is 19.4. The van der Waals surface area contributed by atoms with Crippen molar-refractivity contribution in [3.8, 4) is 0 Å². The molecule has 13 heteroatoms. The molecule has 1 atom stereocenters. The Hall–Kier alpha value is -2.93. The normalized spacial score (nSPS) is 18.2. The third-order valence-electron chi connectivity index (χ3n) is 4.63. The Bertz CT molecular complexity index is 1070. The molecule has 8 nitrogen and oxygen atoms in total. The lowest BCUT2D eigenvalue weighted by Crippen LogP contribution is -2.43. The quantitative estimate of drug-likeness (QED) is 0.634. The van der Waals surface area contributed by atoms with Crippen molar-refractivity contribution in [1.29, 1.82) is 0 Å². The number of nitrogens with two attached hydrogens (primary N) is 1. The first-order valence-corrected chi connectivity index (χ1v) is 8.92. The van der Waals surface area contributed by atoms with E-state index in [9.17, 15) is 22.0 Å². The second-order valence-electron chi connectivity index (χ2n) is 6.85. The van der Waals surface area contributed by atoms with E-state index in [1.807, 2.05) is 4.90 Å². The number of anilines is 1. The SMILES string of the molecule is Nc1nc(C(F)(F)F)nc2c1nnn2CC1CN(Cc2ccc(F)c(F)c2)CCO1. The predicted molar refractivity (Wildman–Crippen MR) is 93.9 cm³/mol. The lowest BCUT2D eigenvalue weighted by atomic mass is 10.1. The number of aromatic nitrogens is 5. The summed E-state index contributed by atoms with van der Waals surface area (Å²) in [6.07, 6.45) is -5.19. The molecule has 2 aromatic heterocycles. The van der Waals surface area contributed by atoms with Crippen LogP contribution in [0.3, 0.4) is 0 Å². The maximum atomic E-state index is 13.4. The average molecular weight is 429 g/mol. The molecule has 3 aromatic rings. The number of halogens is 5. The second kappa shape index (κ2) is 7.72. The van der Waals surface area contributed by atoms with Gasteiger partial charge in [0.15, 0.2) is 28.6 Å². The Morgan fingerprint density at radius 2 is 1.97 bits per heavy atom. The molecular formula is C17H16F5N7O. The zero-order chi connectivity index (χ0) is 21.5. The van der Waals surface area contributed by atoms with Crippen molar-refractivity contribution < 1.29 is 26.7 Å². The van der Waals surface area contributed by atoms with Gasteiger partial charge in [-0.2, -0.15) is 13.2 Å². The monoisotopic (exact) mass is 429 g/mol. The molecule has 1 saturated heterocycles. The number of hydrogen-bond acceptors (Lipinski definition) is 7. The highest BCUT2D eigenvalue weighted by Crippen LogP contribution is 2.28. The molecule has 1 aliphatic rings. The Balaban J connectivity index is 1.50. The first-order chi connectivity index (χ1) is 14.2. The van der Waals surface area contributed by atoms with E-state index in [4.69, 9.17) is 10.5 Å². The molecule has 1 aromatic carbocycles. The van der Waals surface area contributed by atoms with Gasteiger partial charge in [-0.25, -0.2) is 23.4 Å². The maximum absolute atomic E-state index is 13.4. The third-order valence-corrected chi connectivity index (χ3v) is 4.63. The van der Waals surface area contributed by atoms with Crippen molar-refractivity contribution in [3.63, 3.8) is 0 Å². The Morgan fingerprint density at radius 3 is 2.70 bits per heavy atom. The molecule has 2 N–H and O–H groups in total. The summed E-state index contributed by atoms with van der Waals surface area (Å²) in [7, 11) is 0. The van der Waals surface area contributed by atoms with E-state index in [1.54, 1.807) is 0 Å². The van der Waals surface area contributed by atoms with E-state index in [1.165, 1.54) is 10.7 Å². The van der Waals surface area contributed by atoms with Crippen LogP contribution in [0.5, 0.6) is 0 Å². The summed E-state index contributed by atoms with van der Waals surface area (Å²) in [5.74, 6) is -3.64. The van der Waals surface area contributed by atoms with E-state index < -0.39 is 35.6 Å². The molecule has 0 aliphatic carbocycles. The molecule has 160 valence electrons. The maximum Gasteiger partial charge on any atom is 0.451 e. The van der Waals surface area contributed by atoms with E-state index in [0.29, 0.717) is 31.8 Å². The third kappa shape index (κ3) is 4.16. The molecule has 1 fully saturated rings. The number of nitrogens with zero attached hydrogens (tertiary/aromatic N) is 6. The van der Waals surface area contributed by atoms with Crippen molar-refractivity contribution in [3.05, 3.63) is 41.2 Å². The number of morpholine rings is 1. The lowest BCUT2D eigenvalue weighted by Gasteiger charge is -2.32. The zero-order valence-electron chi connectivity index (χ0n) is 15.4. The Labute approximate surface area is 166 Å². The van der Waals surface area contributed by atoms with Crippen molar-refractivity contribution in [1.82, 2.24) is 29.9 Å². The van der Waals surface area contributed by atoms with Gasteiger partial charge in [-0.15, -0.1) is 5.10 Å². The molecule has 30 heavy (non-hydrogen) atoms. The lowest BCUT2D eigenvalue weighted by molar-refractivity contribution is -0.144. The number of nitrogen functional groups attached to an aromatic ring is 1. The van der Waals surface area contributed by atoms with Crippen molar-refractivity contribution in [2.45, 2.75) is 25.4 Å². The summed E-state index contributed by atoms with van der Waals surface area (Å²) in [5.41, 5.74) is 5.99. The van der Waals surface area contributed by atoms with E-state index in [0.717, 1.165) is 12.1 Å². The minimum Gasteiger partial charge on any atom is -0.382 e. The summed E-state index contributed by atoms with van der Waals surface area (Å²) < 4.78 is 72.4. The van der Waals surface area contributed by atoms with Crippen LogP contribution in [0, 0.1) is 11.6 Å². The molecule has 1 unspecified atom stereocenters. The van der Waals surface area contributed by atoms with Crippen LogP contribution < -0.4 is 5.73 Å². The molecule has 4 rings (SSSR count). The first kappa shape index (κ1) is 20.3. The molecule has 0 amide bonds. The molecule has 0 saturated carbocycles. The Kier molecular flexibility index (Phi) is 5.24. The first-order valence-electron chi connectivity index (χ1n) is 8.92. The molecule has 0 bridgehead atoms. The van der Waals surface area contributed by atoms with Gasteiger partial charge in [-0.05, 0) is 17.7 Å². The topological polar surface area (TPSA) is 95.0 Å². The van der Waals surface area contributed by atoms with Crippen molar-refractivity contribution >= 4 is 17.0 Å². The summed E-state index contributed by atoms with van der Waals surface area (Å²) in [6, 6.07) is 3.68. The van der Waals surface area contributed by atoms with Gasteiger partial charge in [-0.1, -0.05) is 11.3 Å². The van der Waals surface area contributed by atoms with Crippen molar-refractivity contribution in [2.75, 3.05) is 25.4 Å². The molecule has 3 heterocycles. The number of alkyl halides is 3. The minimum absolute atomic E-state index is 0.0301. The van der Waals surface area contributed by atoms with Gasteiger partial charge in [0.1, 0.15) is 0 Å². The highest BCUT2D eigenvalue weighted by molar-refractivity contribution is 5.80. The molecular weight excluding hydrogens is 413 g/mol. The summed E-state index contributed by atoms with van der Waals surface area (Å²) in [4.78, 5) is 8.71. The molecule has 0 spiro atoms. The van der Waals surface area contributed by atoms with Gasteiger partial charge in [0.05, 0.1) is 19.3 Å². The smallest absolute Gasteiger partial charge is 0.382 e. The van der Waals surface area contributed by atoms with Crippen LogP contribution in [0.25, 0.3) is 11.2 Å². The fraction of sp³-hybridized carbons (Fsp3) is 0.412. The second-order valence-corrected chi connectivity index (χ2v) is 6.85. The van der Waals surface area contributed by atoms with Crippen LogP contribution in [0.1, 0.15) is 11.4 Å². The number of rotatable bonds is 4. The van der Waals surface area contributed by atoms with Crippen LogP contribution in [0.2, 0.25) is 0 Å². The van der Waals surface area contributed by atoms with Crippen LogP contribution in [0.15, 0.2) is 18.2 Å². The number of ether oxygens (including phenoxy) is 1. The van der Waals surface area contributed by atoms with Crippen molar-refractivity contribution in [2.24, 2.45) is 0 Å². The van der Waals surface area contributed by atoms with Gasteiger partial charge >= 0.3 is 6.18 Å². The highest BCUT2D eigenvalue weighted by Gasteiger charge is 2.36. The summed E-state index contributed by atoms with van der Waals surface area (Å²) in [6.45, 7) is 1.75. The van der Waals surface area contributed by atoms with Crippen LogP contribution in [0.4, 0.5) is 27.8 Å². The predicted octanol–water partition coefficient (Wildman–Crippen LogP) is 2.00. The molecule has 0 radical (unpaired) electrons. The van der Waals surface area contributed by atoms with Crippen LogP contribution in [-0.2, 0) is 24.0 Å². The number of benzene rings is 1. The largest absolute Gasteiger partial charge is 0.451 e. The fourth-order valence-electron chi connectivity index (χ4n) is 3.25. The molecule has 1 aliphatic heterocycles. The van der Waals surface area contributed by atoms with Crippen LogP contribution in [-0.4, -0.2) is 55.7 Å². The number of hydrogen-bond donors (Lipinski definition) is 1. The van der Waals surface area contributed by atoms with Crippen LogP contribution >= 0.6 is 0 Å². The van der Waals surface area contributed by atoms with E-state index in [2.05, 4.69) is 20.3 Å². The Morgan fingerprint density at radius 1 is 1.17 bits per heavy atom. The zero-order valence-corrected chi connectivity index (χ0v) is 15.4. The fourth-order valence-corrected chi connectivity index (χ4v) is 3.25. The minimum atomic E-state index is -4.76. The number of fused-ring (bicyclic) bond motifs is 1. The summed E-state index contributed by atoms with van der Waals surface area (Å²) in [5, 5.41) is 7.59. The summed E-state index contributed by atoms with van der Waals surface area (Å²) >= 11 is 0. The standard InChI is InChI=1S/C17H16F5N7O/c18-11-2-1-9(5-12(11)19)6-28-3-4-30-10(7-28)8-29-15-13(26-27-29)14(23)24-16(25-15)17(20,21)22/h1-2,5,10H,3-4,6-8H2,(H2,23,24,25). The van der Waals surface area contributed by atoms with Gasteiger partial charge < -0.3 is 10.5 Å². The van der Waals surface area contributed by atoms with E-state index in [-0.39, 0.29) is 17.7 Å². The van der Waals surface area contributed by atoms with Gasteiger partial charge in [0, 0.05) is 19.6 Å². The van der Waals surface area contributed by atoms with Gasteiger partial charge in [-0.3, -0.25) is 4.90 Å². The van der Waals surface area contributed by atoms with Gasteiger partial charge in [0.25, 0.3) is 0 Å². The van der Waals surface area contributed by atoms with E-state index >= 15 is 0 Å². The van der Waals surface area contributed by atoms with Gasteiger partial charge in [0.2, 0.25) is 5.82 Å². The average Bonchev–Trinajstić information content (AvgIpc) is 3.08.